The molecule has 8 heteroatoms. The SMILES string of the molecule is O=S1(=O)Oc2cnnnc2O1. The van der Waals surface area contributed by atoms with Gasteiger partial charge in [0.15, 0.2) is 0 Å². The third-order valence-electron chi connectivity index (χ3n) is 0.946. The first-order valence-corrected chi connectivity index (χ1v) is 3.83. The van der Waals surface area contributed by atoms with Crippen LogP contribution in [0.2, 0.25) is 0 Å². The Morgan fingerprint density at radius 1 is 1.36 bits per heavy atom. The van der Waals surface area contributed by atoms with Gasteiger partial charge in [-0.1, -0.05) is 5.10 Å². The Morgan fingerprint density at radius 3 is 2.91 bits per heavy atom. The van der Waals surface area contributed by atoms with Crippen LogP contribution < -0.4 is 8.37 Å². The van der Waals surface area contributed by atoms with Gasteiger partial charge in [-0.3, -0.25) is 0 Å². The quantitative estimate of drug-likeness (QED) is 0.493. The van der Waals surface area contributed by atoms with Crippen LogP contribution in [0, 0.1) is 0 Å². The minimum absolute atomic E-state index is 0.0417. The zero-order valence-electron chi connectivity index (χ0n) is 4.96. The van der Waals surface area contributed by atoms with Gasteiger partial charge in [0, 0.05) is 0 Å². The van der Waals surface area contributed by atoms with Crippen LogP contribution in [0.4, 0.5) is 0 Å². The summed E-state index contributed by atoms with van der Waals surface area (Å²) in [6, 6.07) is 0. The third kappa shape index (κ3) is 0.963. The van der Waals surface area contributed by atoms with E-state index in [9.17, 15) is 8.42 Å². The third-order valence-corrected chi connectivity index (χ3v) is 1.69. The summed E-state index contributed by atoms with van der Waals surface area (Å²) >= 11 is 0. The van der Waals surface area contributed by atoms with E-state index in [1.807, 2.05) is 0 Å². The van der Waals surface area contributed by atoms with Crippen LogP contribution in [-0.2, 0) is 10.4 Å². The molecule has 1 aliphatic rings. The minimum atomic E-state index is -3.95. The lowest BCUT2D eigenvalue weighted by Crippen LogP contribution is -2.08. The summed E-state index contributed by atoms with van der Waals surface area (Å²) in [5.74, 6) is -0.222. The van der Waals surface area contributed by atoms with E-state index in [0.717, 1.165) is 6.20 Å². The fourth-order valence-electron chi connectivity index (χ4n) is 0.588. The first-order chi connectivity index (χ1) is 5.17. The van der Waals surface area contributed by atoms with Crippen molar-refractivity contribution in [3.8, 4) is 11.6 Å². The number of hydrogen-bond acceptors (Lipinski definition) is 7. The first kappa shape index (κ1) is 6.28. The molecule has 0 aromatic carbocycles. The zero-order chi connectivity index (χ0) is 7.90. The summed E-state index contributed by atoms with van der Waals surface area (Å²) in [6.07, 6.45) is 1.10. The summed E-state index contributed by atoms with van der Waals surface area (Å²) in [5.41, 5.74) is 0. The molecular formula is C3HN3O4S. The van der Waals surface area contributed by atoms with Gasteiger partial charge in [0.1, 0.15) is 6.20 Å². The average molecular weight is 175 g/mol. The van der Waals surface area contributed by atoms with E-state index in [1.165, 1.54) is 0 Å². The normalized spacial score (nSPS) is 18.2. The number of hydrogen-bond donors (Lipinski definition) is 0. The van der Waals surface area contributed by atoms with Gasteiger partial charge < -0.3 is 8.37 Å². The summed E-state index contributed by atoms with van der Waals surface area (Å²) < 4.78 is 29.6. The monoisotopic (exact) mass is 175 g/mol. The van der Waals surface area contributed by atoms with Gasteiger partial charge in [-0.25, -0.2) is 0 Å². The van der Waals surface area contributed by atoms with E-state index >= 15 is 0 Å². The van der Waals surface area contributed by atoms with Crippen LogP contribution in [0.3, 0.4) is 0 Å². The molecule has 0 atom stereocenters. The van der Waals surface area contributed by atoms with Crippen molar-refractivity contribution >= 4 is 10.4 Å². The summed E-state index contributed by atoms with van der Waals surface area (Å²) in [5, 5.41) is 9.71. The van der Waals surface area contributed by atoms with Gasteiger partial charge in [0.25, 0.3) is 0 Å². The average Bonchev–Trinajstić information content (AvgIpc) is 2.21. The molecule has 0 N–H and O–H groups in total. The molecule has 0 amide bonds. The van der Waals surface area contributed by atoms with Crippen molar-refractivity contribution in [2.24, 2.45) is 0 Å². The Balaban J connectivity index is 2.57. The van der Waals surface area contributed by atoms with Crippen molar-refractivity contribution in [2.75, 3.05) is 0 Å². The highest BCUT2D eigenvalue weighted by molar-refractivity contribution is 7.82. The molecule has 2 rings (SSSR count). The Morgan fingerprint density at radius 2 is 2.18 bits per heavy atom. The van der Waals surface area contributed by atoms with E-state index in [0.29, 0.717) is 0 Å². The standard InChI is InChI=1S/C3HN3O4S/c7-11(8)9-2-1-4-6-5-3(2)10-11/h1H. The smallest absolute Gasteiger partial charge is 0.345 e. The molecule has 0 bridgehead atoms. The fraction of sp³-hybridized carbons (Fsp3) is 0. The summed E-state index contributed by atoms with van der Waals surface area (Å²) in [6.45, 7) is 0. The second-order valence-electron chi connectivity index (χ2n) is 1.68. The number of rotatable bonds is 0. The maximum Gasteiger partial charge on any atom is 0.502 e. The molecule has 11 heavy (non-hydrogen) atoms. The Hall–Kier alpha value is -1.44. The number of aromatic nitrogens is 3. The number of fused-ring (bicyclic) bond motifs is 1. The van der Waals surface area contributed by atoms with Crippen molar-refractivity contribution in [1.29, 1.82) is 0 Å². The molecule has 7 nitrogen and oxygen atoms in total. The van der Waals surface area contributed by atoms with Gasteiger partial charge in [0.05, 0.1) is 0 Å². The van der Waals surface area contributed by atoms with Gasteiger partial charge >= 0.3 is 16.3 Å². The molecule has 1 aromatic heterocycles. The van der Waals surface area contributed by atoms with Crippen molar-refractivity contribution in [1.82, 2.24) is 15.4 Å². The van der Waals surface area contributed by atoms with E-state index in [1.54, 1.807) is 0 Å². The molecular weight excluding hydrogens is 174 g/mol. The maximum atomic E-state index is 10.5. The highest BCUT2D eigenvalue weighted by Crippen LogP contribution is 2.30. The minimum Gasteiger partial charge on any atom is -0.345 e. The predicted molar refractivity (Wildman–Crippen MR) is 30.0 cm³/mol. The molecule has 0 aliphatic carbocycles. The van der Waals surface area contributed by atoms with Crippen molar-refractivity contribution in [2.45, 2.75) is 0 Å². The van der Waals surface area contributed by atoms with E-state index in [-0.39, 0.29) is 11.6 Å². The lowest BCUT2D eigenvalue weighted by Gasteiger charge is -1.86. The lowest BCUT2D eigenvalue weighted by atomic mass is 10.6. The van der Waals surface area contributed by atoms with Crippen molar-refractivity contribution in [3.63, 3.8) is 0 Å². The zero-order valence-corrected chi connectivity index (χ0v) is 5.78. The molecule has 1 aliphatic heterocycles. The fourth-order valence-corrected chi connectivity index (χ4v) is 1.26. The van der Waals surface area contributed by atoms with Crippen LogP contribution in [0.25, 0.3) is 0 Å². The maximum absolute atomic E-state index is 10.5. The largest absolute Gasteiger partial charge is 0.502 e. The molecule has 0 fully saturated rings. The number of nitrogens with zero attached hydrogens (tertiary/aromatic N) is 3. The van der Waals surface area contributed by atoms with Crippen LogP contribution >= 0.6 is 0 Å². The van der Waals surface area contributed by atoms with Gasteiger partial charge in [-0.05, 0) is 5.21 Å². The van der Waals surface area contributed by atoms with Crippen LogP contribution in [0.5, 0.6) is 11.6 Å². The summed E-state index contributed by atoms with van der Waals surface area (Å²) in [4.78, 5) is 0. The molecule has 2 heterocycles. The van der Waals surface area contributed by atoms with Gasteiger partial charge in [-0.15, -0.1) is 13.5 Å². The van der Waals surface area contributed by atoms with E-state index in [4.69, 9.17) is 0 Å². The van der Waals surface area contributed by atoms with Crippen LogP contribution in [0.15, 0.2) is 6.20 Å². The Kier molecular flexibility index (Phi) is 1.02. The van der Waals surface area contributed by atoms with Crippen molar-refractivity contribution < 1.29 is 16.8 Å². The van der Waals surface area contributed by atoms with E-state index in [2.05, 4.69) is 23.8 Å². The Labute approximate surface area is 61.3 Å². The first-order valence-electron chi connectivity index (χ1n) is 2.50. The van der Waals surface area contributed by atoms with Gasteiger partial charge in [-0.2, -0.15) is 0 Å². The van der Waals surface area contributed by atoms with Crippen LogP contribution in [-0.4, -0.2) is 23.8 Å². The molecule has 0 saturated heterocycles. The molecule has 1 aromatic rings. The molecule has 0 spiro atoms. The molecule has 0 radical (unpaired) electrons. The lowest BCUT2D eigenvalue weighted by molar-refractivity contribution is 0.433. The predicted octanol–water partition coefficient (Wildman–Crippen LogP) is -1.11. The topological polar surface area (TPSA) is 91.3 Å². The second-order valence-corrected chi connectivity index (χ2v) is 2.83. The Bertz CT molecular complexity index is 356. The van der Waals surface area contributed by atoms with E-state index < -0.39 is 10.4 Å². The van der Waals surface area contributed by atoms with Crippen molar-refractivity contribution in [3.05, 3.63) is 6.20 Å². The highest BCUT2D eigenvalue weighted by atomic mass is 32.3. The highest BCUT2D eigenvalue weighted by Gasteiger charge is 2.30. The van der Waals surface area contributed by atoms with Gasteiger partial charge in [0.2, 0.25) is 5.75 Å². The summed E-state index contributed by atoms with van der Waals surface area (Å²) in [7, 11) is -3.95. The molecule has 58 valence electrons. The molecule has 0 saturated carbocycles. The molecule has 0 unspecified atom stereocenters. The van der Waals surface area contributed by atoms with Crippen LogP contribution in [0.1, 0.15) is 0 Å². The second kappa shape index (κ2) is 1.78.